The SMILES string of the molecule is CNCC1CCCN(S(=O)(=O)c2cc(OC)ccc2Cl)C1.Cl. The summed E-state index contributed by atoms with van der Waals surface area (Å²) in [5.41, 5.74) is 0. The molecule has 1 N–H and O–H groups in total. The number of hydrogen-bond acceptors (Lipinski definition) is 4. The Hall–Kier alpha value is -0.530. The molecule has 1 saturated heterocycles. The van der Waals surface area contributed by atoms with Crippen LogP contribution in [0, 0.1) is 5.92 Å². The molecule has 126 valence electrons. The molecule has 1 fully saturated rings. The molecule has 1 aliphatic heterocycles. The molecule has 22 heavy (non-hydrogen) atoms. The van der Waals surface area contributed by atoms with E-state index in [-0.39, 0.29) is 22.3 Å². The molecule has 0 amide bonds. The highest BCUT2D eigenvalue weighted by Gasteiger charge is 2.31. The third-order valence-corrected chi connectivity index (χ3v) is 6.08. The zero-order chi connectivity index (χ0) is 15.5. The van der Waals surface area contributed by atoms with E-state index in [2.05, 4.69) is 5.32 Å². The van der Waals surface area contributed by atoms with E-state index in [9.17, 15) is 8.42 Å². The number of ether oxygens (including phenoxy) is 1. The molecule has 0 aliphatic carbocycles. The molecule has 1 aromatic rings. The van der Waals surface area contributed by atoms with E-state index in [1.807, 2.05) is 7.05 Å². The minimum Gasteiger partial charge on any atom is -0.497 e. The molecule has 1 aliphatic rings. The van der Waals surface area contributed by atoms with Gasteiger partial charge in [-0.15, -0.1) is 12.4 Å². The second-order valence-corrected chi connectivity index (χ2v) is 7.54. The van der Waals surface area contributed by atoms with Gasteiger partial charge in [0.25, 0.3) is 0 Å². The molecule has 5 nitrogen and oxygen atoms in total. The van der Waals surface area contributed by atoms with Gasteiger partial charge in [0.05, 0.1) is 12.1 Å². The first-order valence-electron chi connectivity index (χ1n) is 6.97. The Morgan fingerprint density at radius 2 is 2.18 bits per heavy atom. The van der Waals surface area contributed by atoms with Crippen LogP contribution in [-0.4, -0.2) is 46.5 Å². The largest absolute Gasteiger partial charge is 0.497 e. The molecular weight excluding hydrogens is 347 g/mol. The number of benzene rings is 1. The van der Waals surface area contributed by atoms with Crippen molar-refractivity contribution < 1.29 is 13.2 Å². The van der Waals surface area contributed by atoms with Crippen molar-refractivity contribution in [3.63, 3.8) is 0 Å². The number of sulfonamides is 1. The van der Waals surface area contributed by atoms with Crippen LogP contribution in [0.25, 0.3) is 0 Å². The van der Waals surface area contributed by atoms with Crippen LogP contribution in [-0.2, 0) is 10.0 Å². The maximum absolute atomic E-state index is 12.8. The average molecular weight is 369 g/mol. The molecule has 1 aromatic carbocycles. The lowest BCUT2D eigenvalue weighted by Crippen LogP contribution is -2.42. The molecular formula is C14H22Cl2N2O3S. The van der Waals surface area contributed by atoms with Gasteiger partial charge < -0.3 is 10.1 Å². The maximum Gasteiger partial charge on any atom is 0.244 e. The van der Waals surface area contributed by atoms with E-state index in [0.717, 1.165) is 19.4 Å². The van der Waals surface area contributed by atoms with Crippen LogP contribution in [0.5, 0.6) is 5.75 Å². The minimum absolute atomic E-state index is 0. The van der Waals surface area contributed by atoms with E-state index >= 15 is 0 Å². The lowest BCUT2D eigenvalue weighted by atomic mass is 10.00. The van der Waals surface area contributed by atoms with E-state index in [1.54, 1.807) is 12.1 Å². The van der Waals surface area contributed by atoms with Gasteiger partial charge >= 0.3 is 0 Å². The van der Waals surface area contributed by atoms with Crippen molar-refractivity contribution in [2.24, 2.45) is 5.92 Å². The summed E-state index contributed by atoms with van der Waals surface area (Å²) in [6.45, 7) is 1.88. The molecule has 2 rings (SSSR count). The van der Waals surface area contributed by atoms with Crippen molar-refractivity contribution in [3.8, 4) is 5.75 Å². The van der Waals surface area contributed by atoms with Crippen LogP contribution in [0.2, 0.25) is 5.02 Å². The van der Waals surface area contributed by atoms with Crippen molar-refractivity contribution in [1.29, 1.82) is 0 Å². The average Bonchev–Trinajstić information content (AvgIpc) is 2.48. The highest BCUT2D eigenvalue weighted by Crippen LogP contribution is 2.30. The zero-order valence-electron chi connectivity index (χ0n) is 12.7. The third kappa shape index (κ3) is 4.26. The van der Waals surface area contributed by atoms with Crippen LogP contribution in [0.15, 0.2) is 23.1 Å². The van der Waals surface area contributed by atoms with Crippen molar-refractivity contribution in [2.45, 2.75) is 17.7 Å². The van der Waals surface area contributed by atoms with Gasteiger partial charge in [-0.05, 0) is 44.5 Å². The van der Waals surface area contributed by atoms with Gasteiger partial charge in [-0.25, -0.2) is 8.42 Å². The Morgan fingerprint density at radius 1 is 1.45 bits per heavy atom. The van der Waals surface area contributed by atoms with Gasteiger partial charge in [0, 0.05) is 19.2 Å². The van der Waals surface area contributed by atoms with Gasteiger partial charge in [0.15, 0.2) is 0 Å². The van der Waals surface area contributed by atoms with Crippen LogP contribution >= 0.6 is 24.0 Å². The summed E-state index contributed by atoms with van der Waals surface area (Å²) in [6, 6.07) is 4.70. The van der Waals surface area contributed by atoms with Crippen molar-refractivity contribution in [3.05, 3.63) is 23.2 Å². The van der Waals surface area contributed by atoms with Gasteiger partial charge in [-0.1, -0.05) is 11.6 Å². The van der Waals surface area contributed by atoms with Crippen molar-refractivity contribution in [1.82, 2.24) is 9.62 Å². The predicted molar refractivity (Wildman–Crippen MR) is 90.7 cm³/mol. The number of halogens is 2. The van der Waals surface area contributed by atoms with E-state index in [4.69, 9.17) is 16.3 Å². The van der Waals surface area contributed by atoms with E-state index in [1.165, 1.54) is 17.5 Å². The van der Waals surface area contributed by atoms with E-state index in [0.29, 0.717) is 24.8 Å². The molecule has 1 heterocycles. The Labute approximate surface area is 143 Å². The fourth-order valence-corrected chi connectivity index (χ4v) is 4.69. The molecule has 1 unspecified atom stereocenters. The molecule has 8 heteroatoms. The summed E-state index contributed by atoms with van der Waals surface area (Å²) in [6.07, 6.45) is 1.91. The molecule has 0 bridgehead atoms. The molecule has 0 radical (unpaired) electrons. The summed E-state index contributed by atoms with van der Waals surface area (Å²) in [4.78, 5) is 0.119. The minimum atomic E-state index is -3.58. The van der Waals surface area contributed by atoms with Crippen molar-refractivity contribution >= 4 is 34.0 Å². The summed E-state index contributed by atoms with van der Waals surface area (Å²) in [5, 5.41) is 3.34. The first kappa shape index (κ1) is 19.5. The zero-order valence-corrected chi connectivity index (χ0v) is 15.1. The number of nitrogens with zero attached hydrogens (tertiary/aromatic N) is 1. The Kier molecular flexibility index (Phi) is 7.41. The van der Waals surface area contributed by atoms with Gasteiger partial charge in [-0.3, -0.25) is 0 Å². The van der Waals surface area contributed by atoms with E-state index < -0.39 is 10.0 Å². The predicted octanol–water partition coefficient (Wildman–Crippen LogP) is 2.39. The fourth-order valence-electron chi connectivity index (χ4n) is 2.65. The molecule has 0 spiro atoms. The highest BCUT2D eigenvalue weighted by molar-refractivity contribution is 7.89. The summed E-state index contributed by atoms with van der Waals surface area (Å²) < 4.78 is 32.2. The number of methoxy groups -OCH3 is 1. The second kappa shape index (κ2) is 8.36. The van der Waals surface area contributed by atoms with Gasteiger partial charge in [-0.2, -0.15) is 4.31 Å². The van der Waals surface area contributed by atoms with Crippen LogP contribution in [0.3, 0.4) is 0 Å². The van der Waals surface area contributed by atoms with Gasteiger partial charge in [0.2, 0.25) is 10.0 Å². The third-order valence-electron chi connectivity index (χ3n) is 3.73. The van der Waals surface area contributed by atoms with Gasteiger partial charge in [0.1, 0.15) is 10.6 Å². The summed E-state index contributed by atoms with van der Waals surface area (Å²) in [7, 11) is -0.198. The van der Waals surface area contributed by atoms with Crippen LogP contribution in [0.4, 0.5) is 0 Å². The maximum atomic E-state index is 12.8. The summed E-state index contributed by atoms with van der Waals surface area (Å²) >= 11 is 6.08. The standard InChI is InChI=1S/C14H21ClN2O3S.ClH/c1-16-9-11-4-3-7-17(10-11)21(18,19)14-8-12(20-2)5-6-13(14)15;/h5-6,8,11,16H,3-4,7,9-10H2,1-2H3;1H. The number of piperidine rings is 1. The monoisotopic (exact) mass is 368 g/mol. The van der Waals surface area contributed by atoms with Crippen LogP contribution < -0.4 is 10.1 Å². The molecule has 0 saturated carbocycles. The second-order valence-electron chi connectivity index (χ2n) is 5.23. The lowest BCUT2D eigenvalue weighted by Gasteiger charge is -2.32. The Balaban J connectivity index is 0.00000242. The number of nitrogens with one attached hydrogen (secondary N) is 1. The first-order valence-corrected chi connectivity index (χ1v) is 8.79. The fraction of sp³-hybridized carbons (Fsp3) is 0.571. The highest BCUT2D eigenvalue weighted by atomic mass is 35.5. The quantitative estimate of drug-likeness (QED) is 0.866. The molecule has 0 aromatic heterocycles. The smallest absolute Gasteiger partial charge is 0.244 e. The Morgan fingerprint density at radius 3 is 2.82 bits per heavy atom. The number of hydrogen-bond donors (Lipinski definition) is 1. The first-order chi connectivity index (χ1) is 9.98. The molecule has 1 atom stereocenters. The van der Waals surface area contributed by atoms with Crippen LogP contribution in [0.1, 0.15) is 12.8 Å². The van der Waals surface area contributed by atoms with Crippen molar-refractivity contribution in [2.75, 3.05) is 33.8 Å². The topological polar surface area (TPSA) is 58.6 Å². The lowest BCUT2D eigenvalue weighted by molar-refractivity contribution is 0.263. The normalized spacial score (nSPS) is 19.5. The number of rotatable bonds is 5. The Bertz CT molecular complexity index is 594. The summed E-state index contributed by atoms with van der Waals surface area (Å²) in [5.74, 6) is 0.824.